The second-order valence-electron chi connectivity index (χ2n) is 5.37. The third-order valence-electron chi connectivity index (χ3n) is 2.86. The van der Waals surface area contributed by atoms with Crippen LogP contribution in [0.3, 0.4) is 0 Å². The van der Waals surface area contributed by atoms with Crippen molar-refractivity contribution in [2.24, 2.45) is 4.99 Å². The number of nitrogens with zero attached hydrogens (tertiary/aromatic N) is 1. The maximum atomic E-state index is 5.70. The Bertz CT molecular complexity index is 410. The van der Waals surface area contributed by atoms with Gasteiger partial charge in [0, 0.05) is 13.1 Å². The SMILES string of the molecule is CN=C(NCCOc1ccc(C(C)C)cc1)NC(C)C. The monoisotopic (exact) mass is 277 g/mol. The molecule has 20 heavy (non-hydrogen) atoms. The van der Waals surface area contributed by atoms with Gasteiger partial charge in [-0.25, -0.2) is 0 Å². The molecule has 0 aliphatic carbocycles. The lowest BCUT2D eigenvalue weighted by molar-refractivity contribution is 0.321. The molecule has 0 radical (unpaired) electrons. The predicted molar refractivity (Wildman–Crippen MR) is 85.7 cm³/mol. The summed E-state index contributed by atoms with van der Waals surface area (Å²) in [6, 6.07) is 8.65. The first-order valence-electron chi connectivity index (χ1n) is 7.23. The molecule has 1 aromatic carbocycles. The molecule has 0 amide bonds. The van der Waals surface area contributed by atoms with Gasteiger partial charge < -0.3 is 15.4 Å². The van der Waals surface area contributed by atoms with Crippen molar-refractivity contribution in [3.05, 3.63) is 29.8 Å². The highest BCUT2D eigenvalue weighted by molar-refractivity contribution is 5.79. The maximum absolute atomic E-state index is 5.70. The van der Waals surface area contributed by atoms with Gasteiger partial charge in [0.1, 0.15) is 12.4 Å². The van der Waals surface area contributed by atoms with E-state index in [1.165, 1.54) is 5.56 Å². The highest BCUT2D eigenvalue weighted by Crippen LogP contribution is 2.18. The van der Waals surface area contributed by atoms with Gasteiger partial charge in [0.05, 0.1) is 6.54 Å². The Labute approximate surface area is 122 Å². The van der Waals surface area contributed by atoms with Crippen LogP contribution in [0.15, 0.2) is 29.3 Å². The summed E-state index contributed by atoms with van der Waals surface area (Å²) in [5.41, 5.74) is 1.33. The van der Waals surface area contributed by atoms with Crippen LogP contribution in [0.5, 0.6) is 5.75 Å². The summed E-state index contributed by atoms with van der Waals surface area (Å²) in [4.78, 5) is 4.14. The molecule has 112 valence electrons. The third kappa shape index (κ3) is 5.95. The van der Waals surface area contributed by atoms with Gasteiger partial charge in [0.2, 0.25) is 0 Å². The third-order valence-corrected chi connectivity index (χ3v) is 2.86. The number of rotatable bonds is 6. The van der Waals surface area contributed by atoms with E-state index < -0.39 is 0 Å². The maximum Gasteiger partial charge on any atom is 0.191 e. The van der Waals surface area contributed by atoms with E-state index in [4.69, 9.17) is 4.74 Å². The minimum absolute atomic E-state index is 0.366. The van der Waals surface area contributed by atoms with E-state index >= 15 is 0 Å². The van der Waals surface area contributed by atoms with Crippen LogP contribution in [0.25, 0.3) is 0 Å². The Morgan fingerprint density at radius 3 is 2.30 bits per heavy atom. The average Bonchev–Trinajstić information content (AvgIpc) is 2.42. The van der Waals surface area contributed by atoms with E-state index in [1.54, 1.807) is 7.05 Å². The summed E-state index contributed by atoms with van der Waals surface area (Å²) in [5.74, 6) is 2.26. The van der Waals surface area contributed by atoms with Crippen LogP contribution >= 0.6 is 0 Å². The molecule has 0 spiro atoms. The normalized spacial score (nSPS) is 11.8. The van der Waals surface area contributed by atoms with Crippen molar-refractivity contribution in [3.63, 3.8) is 0 Å². The fraction of sp³-hybridized carbons (Fsp3) is 0.562. The summed E-state index contributed by atoms with van der Waals surface area (Å²) in [6.45, 7) is 9.87. The van der Waals surface area contributed by atoms with Crippen molar-refractivity contribution in [1.82, 2.24) is 10.6 Å². The van der Waals surface area contributed by atoms with Gasteiger partial charge in [-0.1, -0.05) is 26.0 Å². The van der Waals surface area contributed by atoms with Crippen molar-refractivity contribution in [1.29, 1.82) is 0 Å². The molecule has 0 saturated carbocycles. The van der Waals surface area contributed by atoms with E-state index in [-0.39, 0.29) is 0 Å². The number of guanidine groups is 1. The van der Waals surface area contributed by atoms with Crippen LogP contribution in [0, 0.1) is 0 Å². The fourth-order valence-corrected chi connectivity index (χ4v) is 1.76. The highest BCUT2D eigenvalue weighted by Gasteiger charge is 2.01. The summed E-state index contributed by atoms with van der Waals surface area (Å²) in [6.07, 6.45) is 0. The summed E-state index contributed by atoms with van der Waals surface area (Å²) >= 11 is 0. The largest absolute Gasteiger partial charge is 0.492 e. The first-order valence-corrected chi connectivity index (χ1v) is 7.23. The molecular weight excluding hydrogens is 250 g/mol. The lowest BCUT2D eigenvalue weighted by Gasteiger charge is -2.14. The van der Waals surface area contributed by atoms with Crippen molar-refractivity contribution in [2.45, 2.75) is 39.7 Å². The van der Waals surface area contributed by atoms with Crippen LogP contribution in [-0.4, -0.2) is 32.2 Å². The minimum atomic E-state index is 0.366. The summed E-state index contributed by atoms with van der Waals surface area (Å²) < 4.78 is 5.70. The summed E-state index contributed by atoms with van der Waals surface area (Å²) in [7, 11) is 1.77. The molecule has 4 heteroatoms. The summed E-state index contributed by atoms with van der Waals surface area (Å²) in [5, 5.41) is 6.45. The van der Waals surface area contributed by atoms with Crippen molar-refractivity contribution < 1.29 is 4.74 Å². The Balaban J connectivity index is 2.30. The van der Waals surface area contributed by atoms with Gasteiger partial charge in [-0.05, 0) is 37.5 Å². The van der Waals surface area contributed by atoms with Gasteiger partial charge in [-0.2, -0.15) is 0 Å². The van der Waals surface area contributed by atoms with E-state index in [0.29, 0.717) is 18.6 Å². The molecule has 1 rings (SSSR count). The van der Waals surface area contributed by atoms with E-state index in [1.807, 2.05) is 12.1 Å². The first kappa shape index (κ1) is 16.3. The molecule has 0 saturated heterocycles. The quantitative estimate of drug-likeness (QED) is 0.477. The van der Waals surface area contributed by atoms with E-state index in [0.717, 1.165) is 18.3 Å². The Hall–Kier alpha value is -1.71. The van der Waals surface area contributed by atoms with E-state index in [9.17, 15) is 0 Å². The first-order chi connectivity index (χ1) is 9.52. The zero-order chi connectivity index (χ0) is 15.0. The Morgan fingerprint density at radius 1 is 1.15 bits per heavy atom. The lowest BCUT2D eigenvalue weighted by atomic mass is 10.0. The van der Waals surface area contributed by atoms with Crippen LogP contribution < -0.4 is 15.4 Å². The number of benzene rings is 1. The topological polar surface area (TPSA) is 45.7 Å². The second kappa shape index (κ2) is 8.46. The molecule has 0 unspecified atom stereocenters. The van der Waals surface area contributed by atoms with Gasteiger partial charge in [-0.3, -0.25) is 4.99 Å². The fourth-order valence-electron chi connectivity index (χ4n) is 1.76. The van der Waals surface area contributed by atoms with Crippen LogP contribution in [0.2, 0.25) is 0 Å². The Morgan fingerprint density at radius 2 is 1.80 bits per heavy atom. The molecule has 2 N–H and O–H groups in total. The standard InChI is InChI=1S/C16H27N3O/c1-12(2)14-6-8-15(9-7-14)20-11-10-18-16(17-5)19-13(3)4/h6-9,12-13H,10-11H2,1-5H3,(H2,17,18,19). The lowest BCUT2D eigenvalue weighted by Crippen LogP contribution is -2.42. The smallest absolute Gasteiger partial charge is 0.191 e. The molecule has 0 bridgehead atoms. The highest BCUT2D eigenvalue weighted by atomic mass is 16.5. The average molecular weight is 277 g/mol. The van der Waals surface area contributed by atoms with Crippen molar-refractivity contribution in [2.75, 3.05) is 20.2 Å². The molecule has 0 aromatic heterocycles. The second-order valence-corrected chi connectivity index (χ2v) is 5.37. The van der Waals surface area contributed by atoms with Gasteiger partial charge in [-0.15, -0.1) is 0 Å². The molecule has 0 atom stereocenters. The zero-order valence-corrected chi connectivity index (χ0v) is 13.2. The number of hydrogen-bond acceptors (Lipinski definition) is 2. The predicted octanol–water partition coefficient (Wildman–Crippen LogP) is 2.76. The number of aliphatic imine (C=N–C) groups is 1. The molecule has 0 aliphatic rings. The van der Waals surface area contributed by atoms with Crippen LogP contribution in [0.4, 0.5) is 0 Å². The molecule has 1 aromatic rings. The minimum Gasteiger partial charge on any atom is -0.492 e. The molecule has 0 heterocycles. The van der Waals surface area contributed by atoms with Crippen LogP contribution in [-0.2, 0) is 0 Å². The molecule has 4 nitrogen and oxygen atoms in total. The number of nitrogens with one attached hydrogen (secondary N) is 2. The molecular formula is C16H27N3O. The molecule has 0 fully saturated rings. The number of ether oxygens (including phenoxy) is 1. The van der Waals surface area contributed by atoms with Crippen molar-refractivity contribution >= 4 is 5.96 Å². The van der Waals surface area contributed by atoms with Gasteiger partial charge in [0.25, 0.3) is 0 Å². The van der Waals surface area contributed by atoms with E-state index in [2.05, 4.69) is 55.5 Å². The Kier molecular flexibility index (Phi) is 6.91. The van der Waals surface area contributed by atoms with Crippen LogP contribution in [0.1, 0.15) is 39.2 Å². The number of hydrogen-bond donors (Lipinski definition) is 2. The van der Waals surface area contributed by atoms with Gasteiger partial charge >= 0.3 is 0 Å². The zero-order valence-electron chi connectivity index (χ0n) is 13.2. The van der Waals surface area contributed by atoms with Gasteiger partial charge in [0.15, 0.2) is 5.96 Å². The molecule has 0 aliphatic heterocycles. The van der Waals surface area contributed by atoms with Crippen molar-refractivity contribution in [3.8, 4) is 5.75 Å².